The smallest absolute Gasteiger partial charge is 0.312 e. The normalized spacial score (nSPS) is 10.9. The molecule has 0 saturated heterocycles. The van der Waals surface area contributed by atoms with E-state index in [9.17, 15) is 20.0 Å². The summed E-state index contributed by atoms with van der Waals surface area (Å²) < 4.78 is 5.87. The summed E-state index contributed by atoms with van der Waals surface area (Å²) in [6, 6.07) is 11.6. The van der Waals surface area contributed by atoms with Crippen molar-refractivity contribution in [1.82, 2.24) is 10.4 Å². The number of ether oxygens (including phenoxy) is 1. The Bertz CT molecular complexity index is 1080. The SMILES string of the molecule is O=C(COc1cccc2cccnc12)N/N=C\c1cc(Br)cc([N+](=O)[O-])c1O. The Hall–Kier alpha value is -3.53. The van der Waals surface area contributed by atoms with Crippen molar-refractivity contribution in [3.8, 4) is 11.5 Å². The number of nitrogens with zero attached hydrogens (tertiary/aromatic N) is 3. The molecule has 0 bridgehead atoms. The van der Waals surface area contributed by atoms with Crippen LogP contribution in [0, 0.1) is 10.1 Å². The molecule has 0 spiro atoms. The Morgan fingerprint density at radius 2 is 2.14 bits per heavy atom. The van der Waals surface area contributed by atoms with E-state index in [2.05, 4.69) is 31.4 Å². The molecule has 3 rings (SSSR count). The number of nitro groups is 1. The zero-order valence-corrected chi connectivity index (χ0v) is 15.8. The summed E-state index contributed by atoms with van der Waals surface area (Å²) >= 11 is 3.12. The van der Waals surface area contributed by atoms with E-state index in [1.165, 1.54) is 6.07 Å². The molecule has 0 aliphatic heterocycles. The maximum absolute atomic E-state index is 11.9. The number of pyridine rings is 1. The second-order valence-corrected chi connectivity index (χ2v) is 6.45. The molecule has 1 aromatic heterocycles. The molecule has 0 radical (unpaired) electrons. The van der Waals surface area contributed by atoms with Crippen molar-refractivity contribution in [2.75, 3.05) is 6.61 Å². The van der Waals surface area contributed by atoms with Gasteiger partial charge in [0.15, 0.2) is 6.61 Å². The molecular formula is C18H13BrN4O5. The lowest BCUT2D eigenvalue weighted by Gasteiger charge is -2.07. The Morgan fingerprint density at radius 1 is 1.36 bits per heavy atom. The largest absolute Gasteiger partial charge is 0.502 e. The third-order valence-corrected chi connectivity index (χ3v) is 4.09. The van der Waals surface area contributed by atoms with Crippen LogP contribution in [0.1, 0.15) is 5.56 Å². The number of hydrogen-bond donors (Lipinski definition) is 2. The van der Waals surface area contributed by atoms with Gasteiger partial charge in [0.1, 0.15) is 11.3 Å². The fourth-order valence-corrected chi connectivity index (χ4v) is 2.85. The number of nitrogens with one attached hydrogen (secondary N) is 1. The number of aromatic nitrogens is 1. The second-order valence-electron chi connectivity index (χ2n) is 5.53. The van der Waals surface area contributed by atoms with Crippen LogP contribution in [-0.4, -0.2) is 33.7 Å². The van der Waals surface area contributed by atoms with Crippen LogP contribution in [0.2, 0.25) is 0 Å². The van der Waals surface area contributed by atoms with Crippen molar-refractivity contribution < 1.29 is 19.6 Å². The van der Waals surface area contributed by atoms with Crippen LogP contribution in [0.4, 0.5) is 5.69 Å². The quantitative estimate of drug-likeness (QED) is 0.341. The highest BCUT2D eigenvalue weighted by molar-refractivity contribution is 9.10. The van der Waals surface area contributed by atoms with Crippen molar-refractivity contribution >= 4 is 44.6 Å². The van der Waals surface area contributed by atoms with E-state index in [1.54, 1.807) is 24.4 Å². The van der Waals surface area contributed by atoms with Gasteiger partial charge in [-0.05, 0) is 18.2 Å². The zero-order valence-electron chi connectivity index (χ0n) is 14.2. The van der Waals surface area contributed by atoms with Crippen LogP contribution in [0.3, 0.4) is 0 Å². The van der Waals surface area contributed by atoms with Crippen molar-refractivity contribution in [3.63, 3.8) is 0 Å². The van der Waals surface area contributed by atoms with Crippen LogP contribution in [0.15, 0.2) is 58.2 Å². The molecule has 1 amide bonds. The Kier molecular flexibility index (Phi) is 5.80. The van der Waals surface area contributed by atoms with Crippen LogP contribution >= 0.6 is 15.9 Å². The minimum Gasteiger partial charge on any atom is -0.502 e. The maximum Gasteiger partial charge on any atom is 0.312 e. The molecule has 0 unspecified atom stereocenters. The average molecular weight is 445 g/mol. The Labute approximate surface area is 166 Å². The van der Waals surface area contributed by atoms with Crippen molar-refractivity contribution in [1.29, 1.82) is 0 Å². The van der Waals surface area contributed by atoms with E-state index in [4.69, 9.17) is 4.74 Å². The predicted octanol–water partition coefficient (Wildman–Crippen LogP) is 3.14. The molecule has 0 atom stereocenters. The lowest BCUT2D eigenvalue weighted by molar-refractivity contribution is -0.385. The summed E-state index contributed by atoms with van der Waals surface area (Å²) in [5.41, 5.74) is 2.46. The number of phenols is 1. The monoisotopic (exact) mass is 444 g/mol. The number of rotatable bonds is 6. The first kappa shape index (κ1) is 19.2. The third kappa shape index (κ3) is 4.41. The number of carbonyl (C=O) groups is 1. The first-order valence-electron chi connectivity index (χ1n) is 7.91. The van der Waals surface area contributed by atoms with Crippen molar-refractivity contribution in [2.24, 2.45) is 5.10 Å². The van der Waals surface area contributed by atoms with Crippen LogP contribution in [-0.2, 0) is 4.79 Å². The van der Waals surface area contributed by atoms with Gasteiger partial charge in [-0.3, -0.25) is 19.9 Å². The summed E-state index contributed by atoms with van der Waals surface area (Å²) in [5.74, 6) is -0.644. The summed E-state index contributed by atoms with van der Waals surface area (Å²) in [6.45, 7) is -0.308. The number of phenolic OH excluding ortho intramolecular Hbond substituents is 1. The summed E-state index contributed by atoms with van der Waals surface area (Å²) in [6.07, 6.45) is 2.73. The topological polar surface area (TPSA) is 127 Å². The second kappa shape index (κ2) is 8.44. The van der Waals surface area contributed by atoms with E-state index in [0.717, 1.165) is 17.7 Å². The zero-order chi connectivity index (χ0) is 20.1. The van der Waals surface area contributed by atoms with Gasteiger partial charge in [0.25, 0.3) is 5.91 Å². The van der Waals surface area contributed by atoms with Gasteiger partial charge in [-0.25, -0.2) is 5.43 Å². The number of fused-ring (bicyclic) bond motifs is 1. The predicted molar refractivity (Wildman–Crippen MR) is 105 cm³/mol. The molecule has 0 aliphatic carbocycles. The molecule has 142 valence electrons. The number of halogens is 1. The van der Waals surface area contributed by atoms with E-state index < -0.39 is 22.3 Å². The van der Waals surface area contributed by atoms with Crippen LogP contribution < -0.4 is 10.2 Å². The highest BCUT2D eigenvalue weighted by Crippen LogP contribution is 2.32. The maximum atomic E-state index is 11.9. The van der Waals surface area contributed by atoms with E-state index in [1.807, 2.05) is 12.1 Å². The minimum atomic E-state index is -0.720. The molecule has 0 saturated carbocycles. The first-order valence-corrected chi connectivity index (χ1v) is 8.70. The Balaban J connectivity index is 1.64. The van der Waals surface area contributed by atoms with E-state index in [0.29, 0.717) is 15.7 Å². The van der Waals surface area contributed by atoms with Gasteiger partial charge in [-0.1, -0.05) is 34.1 Å². The standard InChI is InChI=1S/C18H13BrN4O5/c19-13-7-12(18(25)14(8-13)23(26)27)9-21-22-16(24)10-28-15-5-1-3-11-4-2-6-20-17(11)15/h1-9,25H,10H2,(H,22,24)/b21-9-. The number of para-hydroxylation sites is 1. The molecule has 2 N–H and O–H groups in total. The minimum absolute atomic E-state index is 0.0700. The molecule has 0 fully saturated rings. The number of hydrogen-bond acceptors (Lipinski definition) is 7. The molecule has 0 aliphatic rings. The highest BCUT2D eigenvalue weighted by Gasteiger charge is 2.17. The first-order chi connectivity index (χ1) is 13.5. The van der Waals surface area contributed by atoms with Gasteiger partial charge in [-0.2, -0.15) is 5.10 Å². The molecule has 28 heavy (non-hydrogen) atoms. The van der Waals surface area contributed by atoms with Crippen molar-refractivity contribution in [3.05, 3.63) is 68.8 Å². The average Bonchev–Trinajstić information content (AvgIpc) is 2.68. The lowest BCUT2D eigenvalue weighted by Crippen LogP contribution is -2.24. The summed E-state index contributed by atoms with van der Waals surface area (Å²) in [5, 5.41) is 25.4. The van der Waals surface area contributed by atoms with Crippen molar-refractivity contribution in [2.45, 2.75) is 0 Å². The third-order valence-electron chi connectivity index (χ3n) is 3.63. The Morgan fingerprint density at radius 3 is 2.93 bits per heavy atom. The molecule has 3 aromatic rings. The van der Waals surface area contributed by atoms with Gasteiger partial charge in [0.05, 0.1) is 11.1 Å². The van der Waals surface area contributed by atoms with Gasteiger partial charge in [0, 0.05) is 27.7 Å². The van der Waals surface area contributed by atoms with E-state index in [-0.39, 0.29) is 12.2 Å². The van der Waals surface area contributed by atoms with Gasteiger partial charge in [-0.15, -0.1) is 0 Å². The van der Waals surface area contributed by atoms with E-state index >= 15 is 0 Å². The molecule has 10 heteroatoms. The van der Waals surface area contributed by atoms with Crippen LogP contribution in [0.5, 0.6) is 11.5 Å². The molecule has 2 aromatic carbocycles. The molecule has 9 nitrogen and oxygen atoms in total. The summed E-state index contributed by atoms with van der Waals surface area (Å²) in [4.78, 5) is 26.3. The highest BCUT2D eigenvalue weighted by atomic mass is 79.9. The molecular weight excluding hydrogens is 432 g/mol. The van der Waals surface area contributed by atoms with Crippen LogP contribution in [0.25, 0.3) is 10.9 Å². The number of aromatic hydroxyl groups is 1. The summed E-state index contributed by atoms with van der Waals surface area (Å²) in [7, 11) is 0. The fraction of sp³-hybridized carbons (Fsp3) is 0.0556. The number of nitro benzene ring substituents is 1. The number of hydrazone groups is 1. The molecule has 1 heterocycles. The number of carbonyl (C=O) groups excluding carboxylic acids is 1. The van der Waals surface area contributed by atoms with Gasteiger partial charge >= 0.3 is 5.69 Å². The van der Waals surface area contributed by atoms with Gasteiger partial charge in [0.2, 0.25) is 5.75 Å². The van der Waals surface area contributed by atoms with Gasteiger partial charge < -0.3 is 9.84 Å². The number of benzene rings is 2. The lowest BCUT2D eigenvalue weighted by atomic mass is 10.2. The fourth-order valence-electron chi connectivity index (χ4n) is 2.39. The number of amides is 1.